The lowest BCUT2D eigenvalue weighted by Crippen LogP contribution is -2.30. The normalized spacial score (nSPS) is 14.6. The molecule has 17 heavy (non-hydrogen) atoms. The lowest BCUT2D eigenvalue weighted by molar-refractivity contribution is 0.594. The van der Waals surface area contributed by atoms with Crippen molar-refractivity contribution < 1.29 is 8.42 Å². The van der Waals surface area contributed by atoms with Gasteiger partial charge < -0.3 is 0 Å². The van der Waals surface area contributed by atoms with E-state index < -0.39 is 17.9 Å². The van der Waals surface area contributed by atoms with Crippen LogP contribution in [-0.4, -0.2) is 27.3 Å². The molecule has 1 atom stereocenters. The van der Waals surface area contributed by atoms with Crippen molar-refractivity contribution in [3.63, 3.8) is 0 Å². The van der Waals surface area contributed by atoms with E-state index in [-0.39, 0.29) is 4.58 Å². The summed E-state index contributed by atoms with van der Waals surface area (Å²) in [5, 5.41) is 0. The fraction of sp³-hybridized carbons (Fsp3) is 0.500. The van der Waals surface area contributed by atoms with Crippen LogP contribution in [0.15, 0.2) is 35.2 Å². The maximum atomic E-state index is 12.4. The van der Waals surface area contributed by atoms with Gasteiger partial charge in [0.05, 0.1) is 4.90 Å². The van der Waals surface area contributed by atoms with E-state index in [1.54, 1.807) is 24.3 Å². The van der Waals surface area contributed by atoms with Crippen molar-refractivity contribution in [1.29, 1.82) is 0 Å². The summed E-state index contributed by atoms with van der Waals surface area (Å²) in [6, 6.07) is 9.56. The molecule has 0 aliphatic carbocycles. The number of rotatable bonds is 5. The van der Waals surface area contributed by atoms with Crippen molar-refractivity contribution in [1.82, 2.24) is 0 Å². The highest BCUT2D eigenvalue weighted by Gasteiger charge is 2.31. The molecule has 0 bridgehead atoms. The van der Waals surface area contributed by atoms with Crippen molar-refractivity contribution in [2.24, 2.45) is 0 Å². The highest BCUT2D eigenvalue weighted by molar-refractivity contribution is 8.13. The number of hydrogen-bond acceptors (Lipinski definition) is 3. The molecule has 96 valence electrons. The second-order valence-corrected chi connectivity index (χ2v) is 14.3. The minimum Gasteiger partial charge on any atom is -0.223 e. The van der Waals surface area contributed by atoms with Gasteiger partial charge in [0.2, 0.25) is 0 Å². The summed E-state index contributed by atoms with van der Waals surface area (Å²) in [5.41, 5.74) is 0. The van der Waals surface area contributed by atoms with E-state index in [9.17, 15) is 8.42 Å². The fourth-order valence-corrected chi connectivity index (χ4v) is 9.31. The molecule has 1 unspecified atom stereocenters. The summed E-state index contributed by atoms with van der Waals surface area (Å²) in [6.07, 6.45) is 1.88. The Morgan fingerprint density at radius 1 is 1.18 bits per heavy atom. The number of thioether (sulfide) groups is 1. The highest BCUT2D eigenvalue weighted by atomic mass is 32.3. The standard InChI is InChI=1S/C12H20O2S2Si/c1-15-12(10-17(2,3)4)16(13,14)11-8-6-5-7-9-11/h5-9,12H,10H2,1-4H3. The molecular weight excluding hydrogens is 268 g/mol. The summed E-state index contributed by atoms with van der Waals surface area (Å²) in [7, 11) is -4.57. The van der Waals surface area contributed by atoms with E-state index in [0.717, 1.165) is 6.04 Å². The van der Waals surface area contributed by atoms with Crippen LogP contribution >= 0.6 is 11.8 Å². The molecule has 0 aromatic heterocycles. The summed E-state index contributed by atoms with van der Waals surface area (Å²) in [5.74, 6) is 0. The Hall–Kier alpha value is -0.263. The third kappa shape index (κ3) is 4.15. The van der Waals surface area contributed by atoms with Crippen molar-refractivity contribution in [3.05, 3.63) is 30.3 Å². The molecule has 0 spiro atoms. The van der Waals surface area contributed by atoms with Crippen molar-refractivity contribution >= 4 is 29.7 Å². The van der Waals surface area contributed by atoms with Crippen LogP contribution < -0.4 is 0 Å². The van der Waals surface area contributed by atoms with Crippen LogP contribution in [0.4, 0.5) is 0 Å². The third-order valence-corrected chi connectivity index (χ3v) is 8.50. The van der Waals surface area contributed by atoms with Gasteiger partial charge in [0.1, 0.15) is 4.58 Å². The molecule has 0 fully saturated rings. The van der Waals surface area contributed by atoms with Crippen molar-refractivity contribution in [2.75, 3.05) is 6.26 Å². The number of sulfone groups is 1. The van der Waals surface area contributed by atoms with Gasteiger partial charge in [-0.05, 0) is 24.4 Å². The lowest BCUT2D eigenvalue weighted by Gasteiger charge is -2.23. The molecule has 0 aliphatic heterocycles. The van der Waals surface area contributed by atoms with E-state index in [0.29, 0.717) is 4.90 Å². The van der Waals surface area contributed by atoms with Crippen LogP contribution in [-0.2, 0) is 9.84 Å². The molecule has 0 amide bonds. The highest BCUT2D eigenvalue weighted by Crippen LogP contribution is 2.29. The van der Waals surface area contributed by atoms with Crippen LogP contribution in [0.3, 0.4) is 0 Å². The van der Waals surface area contributed by atoms with E-state index >= 15 is 0 Å². The topological polar surface area (TPSA) is 34.1 Å². The fourth-order valence-electron chi connectivity index (χ4n) is 1.58. The summed E-state index contributed by atoms with van der Waals surface area (Å²) in [4.78, 5) is 0.442. The summed E-state index contributed by atoms with van der Waals surface area (Å²) in [6.45, 7) is 6.62. The van der Waals surface area contributed by atoms with Crippen LogP contribution in [0.25, 0.3) is 0 Å². The van der Waals surface area contributed by atoms with Gasteiger partial charge in [0.15, 0.2) is 9.84 Å². The first-order chi connectivity index (χ1) is 7.77. The molecule has 1 aromatic carbocycles. The molecule has 0 saturated heterocycles. The van der Waals surface area contributed by atoms with Crippen LogP contribution in [0, 0.1) is 0 Å². The molecule has 1 aromatic rings. The second-order valence-electron chi connectivity index (χ2n) is 5.29. The smallest absolute Gasteiger partial charge is 0.190 e. The first-order valence-corrected chi connectivity index (χ1v) is 12.1. The van der Waals surface area contributed by atoms with Gasteiger partial charge in [-0.1, -0.05) is 37.8 Å². The van der Waals surface area contributed by atoms with Crippen molar-refractivity contribution in [3.8, 4) is 0 Å². The molecule has 5 heteroatoms. The molecule has 0 N–H and O–H groups in total. The molecule has 0 radical (unpaired) electrons. The molecule has 0 heterocycles. The monoisotopic (exact) mass is 288 g/mol. The van der Waals surface area contributed by atoms with Crippen LogP contribution in [0.1, 0.15) is 0 Å². The molecule has 1 rings (SSSR count). The second kappa shape index (κ2) is 5.59. The van der Waals surface area contributed by atoms with Crippen LogP contribution in [0.2, 0.25) is 25.7 Å². The minimum absolute atomic E-state index is 0.309. The third-order valence-electron chi connectivity index (χ3n) is 2.46. The van der Waals surface area contributed by atoms with Gasteiger partial charge in [-0.2, -0.15) is 0 Å². The SMILES string of the molecule is CSC(C[Si](C)(C)C)S(=O)(=O)c1ccccc1. The summed E-state index contributed by atoms with van der Waals surface area (Å²) >= 11 is 1.45. The average Bonchev–Trinajstić information content (AvgIpc) is 2.25. The van der Waals surface area contributed by atoms with Gasteiger partial charge in [0, 0.05) is 8.07 Å². The van der Waals surface area contributed by atoms with E-state index in [2.05, 4.69) is 19.6 Å². The first-order valence-electron chi connectivity index (χ1n) is 5.59. The Bertz CT molecular complexity index is 449. The van der Waals surface area contributed by atoms with Gasteiger partial charge in [-0.15, -0.1) is 11.8 Å². The van der Waals surface area contributed by atoms with E-state index in [1.165, 1.54) is 11.8 Å². The predicted molar refractivity (Wildman–Crippen MR) is 79.1 cm³/mol. The zero-order valence-electron chi connectivity index (χ0n) is 10.8. The Morgan fingerprint density at radius 3 is 2.12 bits per heavy atom. The Balaban J connectivity index is 3.04. The van der Waals surface area contributed by atoms with Gasteiger partial charge >= 0.3 is 0 Å². The largest absolute Gasteiger partial charge is 0.223 e. The summed E-state index contributed by atoms with van der Waals surface area (Å²) < 4.78 is 24.6. The Kier molecular flexibility index (Phi) is 4.86. The quantitative estimate of drug-likeness (QED) is 0.778. The van der Waals surface area contributed by atoms with E-state index in [1.807, 2.05) is 12.3 Å². The van der Waals surface area contributed by atoms with Crippen molar-refractivity contribution in [2.45, 2.75) is 35.2 Å². The first kappa shape index (κ1) is 14.8. The van der Waals surface area contributed by atoms with Crippen LogP contribution in [0.5, 0.6) is 0 Å². The maximum absolute atomic E-state index is 12.4. The molecule has 0 aliphatic rings. The Morgan fingerprint density at radius 2 is 1.71 bits per heavy atom. The molecule has 0 saturated carbocycles. The number of hydrogen-bond donors (Lipinski definition) is 0. The average molecular weight is 289 g/mol. The Labute approximate surface area is 110 Å². The minimum atomic E-state index is -3.19. The number of benzene rings is 1. The zero-order valence-corrected chi connectivity index (χ0v) is 13.4. The molecular formula is C12H20O2S2Si. The zero-order chi connectivity index (χ0) is 13.1. The van der Waals surface area contributed by atoms with Gasteiger partial charge in [-0.25, -0.2) is 8.42 Å². The predicted octanol–water partition coefficient (Wildman–Crippen LogP) is 3.49. The van der Waals surface area contributed by atoms with Gasteiger partial charge in [0.25, 0.3) is 0 Å². The van der Waals surface area contributed by atoms with E-state index in [4.69, 9.17) is 0 Å². The molecule has 2 nitrogen and oxygen atoms in total. The maximum Gasteiger partial charge on any atom is 0.190 e. The lowest BCUT2D eigenvalue weighted by atomic mass is 10.4. The van der Waals surface area contributed by atoms with Gasteiger partial charge in [-0.3, -0.25) is 0 Å².